The third-order valence-electron chi connectivity index (χ3n) is 7.24. The molecule has 0 radical (unpaired) electrons. The molecule has 1 atom stereocenters. The number of aromatic amines is 1. The van der Waals surface area contributed by atoms with Crippen LogP contribution in [-0.2, 0) is 23.1 Å². The number of aryl methyl sites for hydroxylation is 1. The van der Waals surface area contributed by atoms with Gasteiger partial charge in [0.2, 0.25) is 0 Å². The number of H-pyrrole nitrogens is 1. The zero-order chi connectivity index (χ0) is 30.5. The number of hydrogen-bond acceptors (Lipinski definition) is 7. The number of nitrogens with zero attached hydrogens (tertiary/aromatic N) is 3. The monoisotopic (exact) mass is 601 g/mol. The summed E-state index contributed by atoms with van der Waals surface area (Å²) in [4.78, 5) is 16.8. The van der Waals surface area contributed by atoms with Crippen LogP contribution < -0.4 is 15.4 Å². The molecular formula is C31H35N7O4S. The van der Waals surface area contributed by atoms with Crippen LogP contribution in [0.4, 0.5) is 5.69 Å². The molecule has 0 spiro atoms. The van der Waals surface area contributed by atoms with E-state index in [1.165, 1.54) is 18.5 Å². The van der Waals surface area contributed by atoms with Crippen LogP contribution in [0.3, 0.4) is 0 Å². The summed E-state index contributed by atoms with van der Waals surface area (Å²) in [5.41, 5.74) is 2.28. The lowest BCUT2D eigenvalue weighted by molar-refractivity contribution is 0.0950. The first-order chi connectivity index (χ1) is 20.6. The highest BCUT2D eigenvalue weighted by molar-refractivity contribution is 7.92. The van der Waals surface area contributed by atoms with Crippen molar-refractivity contribution in [2.75, 3.05) is 11.3 Å². The van der Waals surface area contributed by atoms with E-state index in [1.54, 1.807) is 42.5 Å². The molecule has 3 aromatic carbocycles. The van der Waals surface area contributed by atoms with Crippen molar-refractivity contribution >= 4 is 32.5 Å². The minimum atomic E-state index is -3.73. The van der Waals surface area contributed by atoms with E-state index in [-0.39, 0.29) is 22.9 Å². The summed E-state index contributed by atoms with van der Waals surface area (Å²) >= 11 is 0. The second-order valence-electron chi connectivity index (χ2n) is 11.0. The van der Waals surface area contributed by atoms with Crippen LogP contribution in [0.2, 0.25) is 0 Å². The molecule has 11 nitrogen and oxygen atoms in total. The van der Waals surface area contributed by atoms with Crippen LogP contribution in [0.25, 0.3) is 10.9 Å². The van der Waals surface area contributed by atoms with Gasteiger partial charge in [-0.3, -0.25) is 14.6 Å². The first kappa shape index (κ1) is 30.0. The van der Waals surface area contributed by atoms with Gasteiger partial charge in [0.05, 0.1) is 17.5 Å². The van der Waals surface area contributed by atoms with Crippen LogP contribution in [0, 0.1) is 0 Å². The Hall–Kier alpha value is -4.52. The van der Waals surface area contributed by atoms with Gasteiger partial charge in [-0.15, -0.1) is 0 Å². The molecule has 12 heteroatoms. The lowest BCUT2D eigenvalue weighted by Gasteiger charge is -2.28. The molecule has 0 aliphatic rings. The van der Waals surface area contributed by atoms with Gasteiger partial charge in [0.1, 0.15) is 12.2 Å². The number of hydrogen-bond donors (Lipinski definition) is 5. The number of carbonyl (C=O) groups is 1. The lowest BCUT2D eigenvalue weighted by Crippen LogP contribution is -2.42. The highest BCUT2D eigenvalue weighted by atomic mass is 32.2. The van der Waals surface area contributed by atoms with Gasteiger partial charge in [0, 0.05) is 47.0 Å². The zero-order valence-corrected chi connectivity index (χ0v) is 24.8. The van der Waals surface area contributed by atoms with E-state index in [4.69, 9.17) is 0 Å². The minimum absolute atomic E-state index is 0.171. The van der Waals surface area contributed by atoms with Gasteiger partial charge in [0.15, 0.2) is 0 Å². The predicted molar refractivity (Wildman–Crippen MR) is 165 cm³/mol. The van der Waals surface area contributed by atoms with Gasteiger partial charge in [0.25, 0.3) is 15.9 Å². The number of benzene rings is 3. The smallest absolute Gasteiger partial charge is 0.261 e. The standard InChI is InChI=1S/C31H35N7O4S/c1-31(2,34-19-28(39)23-7-6-8-25(18-23)37-43(41,42)26-9-4-3-5-10-26)14-16-38-15-13-22-17-24(11-12-27(22)38)30(40)32-20-29-33-21-35-36-29/h3-13,15,17-18,21,28,34,37,39H,14,16,19-20H2,1-2H3,(H,32,40)(H,33,35,36)/t28-/m0/s1. The molecule has 5 rings (SSSR count). The van der Waals surface area contributed by atoms with Crippen molar-refractivity contribution in [1.29, 1.82) is 0 Å². The normalized spacial score (nSPS) is 12.7. The van der Waals surface area contributed by atoms with Crippen molar-refractivity contribution < 1.29 is 18.3 Å². The number of β-amino-alcohol motifs (C(OH)–C–C–N with tert-alkyl or cyclic N) is 1. The number of nitrogens with one attached hydrogen (secondary N) is 4. The number of aromatic nitrogens is 4. The number of fused-ring (bicyclic) bond motifs is 1. The molecule has 0 bridgehead atoms. The van der Waals surface area contributed by atoms with Crippen LogP contribution >= 0.6 is 0 Å². The van der Waals surface area contributed by atoms with E-state index in [1.807, 2.05) is 30.5 Å². The molecule has 0 fully saturated rings. The van der Waals surface area contributed by atoms with Gasteiger partial charge in [-0.1, -0.05) is 30.3 Å². The molecule has 0 unspecified atom stereocenters. The number of aliphatic hydroxyl groups excluding tert-OH is 1. The number of rotatable bonds is 13. The summed E-state index contributed by atoms with van der Waals surface area (Å²) in [7, 11) is -3.73. The van der Waals surface area contributed by atoms with E-state index in [2.05, 4.69) is 49.0 Å². The van der Waals surface area contributed by atoms with E-state index in [0.717, 1.165) is 23.9 Å². The largest absolute Gasteiger partial charge is 0.387 e. The number of anilines is 1. The fourth-order valence-corrected chi connectivity index (χ4v) is 5.79. The van der Waals surface area contributed by atoms with Crippen molar-refractivity contribution in [3.63, 3.8) is 0 Å². The van der Waals surface area contributed by atoms with Crippen LogP contribution in [0.1, 0.15) is 48.1 Å². The van der Waals surface area contributed by atoms with E-state index in [0.29, 0.717) is 29.2 Å². The lowest BCUT2D eigenvalue weighted by atomic mass is 9.99. The summed E-state index contributed by atoms with van der Waals surface area (Å²) in [5, 5.41) is 24.6. The van der Waals surface area contributed by atoms with E-state index < -0.39 is 16.1 Å². The van der Waals surface area contributed by atoms with Gasteiger partial charge < -0.3 is 20.3 Å². The van der Waals surface area contributed by atoms with E-state index >= 15 is 0 Å². The van der Waals surface area contributed by atoms with Crippen LogP contribution in [0.15, 0.2) is 96.3 Å². The Labute approximate surface area is 250 Å². The first-order valence-corrected chi connectivity index (χ1v) is 15.4. The highest BCUT2D eigenvalue weighted by Crippen LogP contribution is 2.23. The number of aliphatic hydroxyl groups is 1. The van der Waals surface area contributed by atoms with Crippen molar-refractivity contribution in [3.8, 4) is 0 Å². The molecule has 5 N–H and O–H groups in total. The Morgan fingerprint density at radius 3 is 2.63 bits per heavy atom. The Bertz CT molecular complexity index is 1790. The minimum Gasteiger partial charge on any atom is -0.387 e. The quantitative estimate of drug-likeness (QED) is 0.137. The number of amides is 1. The Balaban J connectivity index is 1.15. The molecule has 0 aliphatic carbocycles. The third-order valence-corrected chi connectivity index (χ3v) is 8.64. The van der Waals surface area contributed by atoms with Crippen molar-refractivity contribution in [2.45, 2.75) is 49.9 Å². The summed E-state index contributed by atoms with van der Waals surface area (Å²) < 4.78 is 30.1. The molecule has 224 valence electrons. The van der Waals surface area contributed by atoms with Crippen LogP contribution in [-0.4, -0.2) is 51.3 Å². The maximum atomic E-state index is 12.7. The summed E-state index contributed by atoms with van der Waals surface area (Å²) in [6.07, 6.45) is 3.35. The molecule has 0 aliphatic heterocycles. The average Bonchev–Trinajstić information content (AvgIpc) is 3.68. The molecule has 2 heterocycles. The molecule has 1 amide bonds. The molecule has 2 aromatic heterocycles. The molecule has 0 saturated heterocycles. The van der Waals surface area contributed by atoms with Gasteiger partial charge >= 0.3 is 0 Å². The fraction of sp³-hybridized carbons (Fsp3) is 0.258. The number of carbonyl (C=O) groups excluding carboxylic acids is 1. The van der Waals surface area contributed by atoms with Gasteiger partial charge in [-0.2, -0.15) is 5.10 Å². The van der Waals surface area contributed by atoms with Gasteiger partial charge in [-0.05, 0) is 74.4 Å². The molecular weight excluding hydrogens is 566 g/mol. The van der Waals surface area contributed by atoms with Crippen molar-refractivity contribution in [3.05, 3.63) is 108 Å². The Kier molecular flexibility index (Phi) is 8.90. The second kappa shape index (κ2) is 12.8. The molecule has 5 aromatic rings. The average molecular weight is 602 g/mol. The fourth-order valence-electron chi connectivity index (χ4n) is 4.72. The summed E-state index contributed by atoms with van der Waals surface area (Å²) in [5.74, 6) is 0.401. The molecule has 43 heavy (non-hydrogen) atoms. The SMILES string of the molecule is CC(C)(CCn1ccc2cc(C(=O)NCc3ncn[nH]3)ccc21)NC[C@H](O)c1cccc(NS(=O)(=O)c2ccccc2)c1. The van der Waals surface area contributed by atoms with Gasteiger partial charge in [-0.25, -0.2) is 13.4 Å². The third kappa shape index (κ3) is 7.66. The first-order valence-electron chi connectivity index (χ1n) is 13.9. The van der Waals surface area contributed by atoms with Crippen molar-refractivity contribution in [2.24, 2.45) is 0 Å². The number of sulfonamides is 1. The summed E-state index contributed by atoms with van der Waals surface area (Å²) in [6, 6.07) is 22.6. The Morgan fingerprint density at radius 2 is 1.86 bits per heavy atom. The highest BCUT2D eigenvalue weighted by Gasteiger charge is 2.21. The predicted octanol–water partition coefficient (Wildman–Crippen LogP) is 3.98. The van der Waals surface area contributed by atoms with Crippen molar-refractivity contribution in [1.82, 2.24) is 30.4 Å². The summed E-state index contributed by atoms with van der Waals surface area (Å²) in [6.45, 7) is 5.45. The van der Waals surface area contributed by atoms with E-state index in [9.17, 15) is 18.3 Å². The topological polar surface area (TPSA) is 154 Å². The zero-order valence-electron chi connectivity index (χ0n) is 24.0. The molecule has 0 saturated carbocycles. The Morgan fingerprint density at radius 1 is 1.05 bits per heavy atom. The second-order valence-corrected chi connectivity index (χ2v) is 12.7. The maximum Gasteiger partial charge on any atom is 0.261 e. The maximum absolute atomic E-state index is 12.7. The van der Waals surface area contributed by atoms with Crippen LogP contribution in [0.5, 0.6) is 0 Å².